The highest BCUT2D eigenvalue weighted by Gasteiger charge is 2.48. The number of hydrogen-bond donors (Lipinski definition) is 2. The molecule has 2 aliphatic rings. The van der Waals surface area contributed by atoms with Crippen molar-refractivity contribution in [1.29, 1.82) is 0 Å². The summed E-state index contributed by atoms with van der Waals surface area (Å²) < 4.78 is 10.8. The topological polar surface area (TPSA) is 105 Å². The lowest BCUT2D eigenvalue weighted by atomic mass is 9.89. The number of benzene rings is 2. The highest BCUT2D eigenvalue weighted by Crippen LogP contribution is 2.44. The van der Waals surface area contributed by atoms with E-state index < -0.39 is 35.7 Å². The average molecular weight is 453 g/mol. The lowest BCUT2D eigenvalue weighted by Crippen LogP contribution is -2.65. The predicted octanol–water partition coefficient (Wildman–Crippen LogP) is 3.85. The molecule has 0 bridgehead atoms. The van der Waals surface area contributed by atoms with Crippen LogP contribution in [0.5, 0.6) is 0 Å². The van der Waals surface area contributed by atoms with E-state index in [2.05, 4.69) is 5.32 Å². The number of aliphatic carboxylic acids is 1. The zero-order chi connectivity index (χ0) is 23.8. The van der Waals surface area contributed by atoms with Crippen molar-refractivity contribution in [1.82, 2.24) is 10.2 Å². The Bertz CT molecular complexity index is 1030. The van der Waals surface area contributed by atoms with Crippen LogP contribution in [0.1, 0.15) is 37.8 Å². The summed E-state index contributed by atoms with van der Waals surface area (Å²) in [5.74, 6) is -1.66. The summed E-state index contributed by atoms with van der Waals surface area (Å²) in [4.78, 5) is 37.5. The molecule has 1 aliphatic heterocycles. The summed E-state index contributed by atoms with van der Waals surface area (Å²) in [6, 6.07) is 15.0. The lowest BCUT2D eigenvalue weighted by molar-refractivity contribution is -0.151. The van der Waals surface area contributed by atoms with Gasteiger partial charge in [0.15, 0.2) is 0 Å². The van der Waals surface area contributed by atoms with Gasteiger partial charge in [0.05, 0.1) is 0 Å². The molecule has 0 saturated carbocycles. The van der Waals surface area contributed by atoms with Crippen LogP contribution in [0.3, 0.4) is 0 Å². The fourth-order valence-electron chi connectivity index (χ4n) is 4.49. The van der Waals surface area contributed by atoms with Crippen LogP contribution in [0.2, 0.25) is 0 Å². The Kier molecular flexibility index (Phi) is 6.01. The number of amides is 2. The van der Waals surface area contributed by atoms with Crippen molar-refractivity contribution < 1.29 is 29.0 Å². The Morgan fingerprint density at radius 1 is 1.03 bits per heavy atom. The number of carboxylic acids is 1. The Morgan fingerprint density at radius 3 is 2.15 bits per heavy atom. The molecule has 174 valence electrons. The molecule has 1 heterocycles. The third kappa shape index (κ3) is 4.65. The molecule has 1 saturated heterocycles. The molecule has 0 radical (unpaired) electrons. The molecule has 4 rings (SSSR count). The van der Waals surface area contributed by atoms with E-state index in [0.29, 0.717) is 0 Å². The first-order valence-electron chi connectivity index (χ1n) is 11.0. The number of fused-ring (bicyclic) bond motifs is 3. The number of carbonyl (C=O) groups is 3. The molecular weight excluding hydrogens is 424 g/mol. The van der Waals surface area contributed by atoms with Gasteiger partial charge in [-0.15, -0.1) is 0 Å². The van der Waals surface area contributed by atoms with E-state index in [1.807, 2.05) is 48.5 Å². The first-order valence-corrected chi connectivity index (χ1v) is 11.0. The standard InChI is InChI=1S/C25H28N2O6/c1-25(2,3)33-23(30)26-12-15-13-27(21(15)22(28)29)24(31)32-14-20-18-10-6-4-8-16(18)17-9-5-7-11-19(17)20/h4-11,15,20-21H,12-14H2,1-3H3,(H,26,30)(H,28,29). The second-order valence-corrected chi connectivity index (χ2v) is 9.38. The number of ether oxygens (including phenoxy) is 2. The number of nitrogens with zero attached hydrogens (tertiary/aromatic N) is 1. The maximum absolute atomic E-state index is 12.7. The van der Waals surface area contributed by atoms with E-state index in [0.717, 1.165) is 22.3 Å². The molecule has 1 fully saturated rings. The zero-order valence-electron chi connectivity index (χ0n) is 18.9. The van der Waals surface area contributed by atoms with E-state index in [4.69, 9.17) is 9.47 Å². The van der Waals surface area contributed by atoms with E-state index in [-0.39, 0.29) is 25.6 Å². The van der Waals surface area contributed by atoms with Crippen LogP contribution in [0.25, 0.3) is 11.1 Å². The van der Waals surface area contributed by atoms with Crippen LogP contribution in [-0.4, -0.2) is 59.5 Å². The largest absolute Gasteiger partial charge is 0.480 e. The Morgan fingerprint density at radius 2 is 1.61 bits per heavy atom. The lowest BCUT2D eigenvalue weighted by Gasteiger charge is -2.44. The number of likely N-dealkylation sites (tertiary alicyclic amines) is 1. The highest BCUT2D eigenvalue weighted by atomic mass is 16.6. The molecule has 0 spiro atoms. The van der Waals surface area contributed by atoms with Crippen LogP contribution >= 0.6 is 0 Å². The summed E-state index contributed by atoms with van der Waals surface area (Å²) in [6.45, 7) is 5.64. The van der Waals surface area contributed by atoms with Crippen LogP contribution < -0.4 is 5.32 Å². The van der Waals surface area contributed by atoms with Crippen molar-refractivity contribution >= 4 is 18.2 Å². The van der Waals surface area contributed by atoms with Gasteiger partial charge in [-0.1, -0.05) is 48.5 Å². The fourth-order valence-corrected chi connectivity index (χ4v) is 4.49. The van der Waals surface area contributed by atoms with Crippen LogP contribution in [0.15, 0.2) is 48.5 Å². The van der Waals surface area contributed by atoms with Crippen molar-refractivity contribution in [2.24, 2.45) is 5.92 Å². The monoisotopic (exact) mass is 452 g/mol. The molecule has 2 aromatic rings. The third-order valence-electron chi connectivity index (χ3n) is 5.94. The van der Waals surface area contributed by atoms with Crippen LogP contribution in [0.4, 0.5) is 9.59 Å². The SMILES string of the molecule is CC(C)(C)OC(=O)NCC1CN(C(=O)OCC2c3ccccc3-c3ccccc32)C1C(=O)O. The van der Waals surface area contributed by atoms with Gasteiger partial charge in [-0.2, -0.15) is 0 Å². The van der Waals surface area contributed by atoms with Gasteiger partial charge >= 0.3 is 18.2 Å². The summed E-state index contributed by atoms with van der Waals surface area (Å²) in [5.41, 5.74) is 3.77. The predicted molar refractivity (Wildman–Crippen MR) is 121 cm³/mol. The minimum absolute atomic E-state index is 0.0963. The molecule has 2 unspecified atom stereocenters. The maximum Gasteiger partial charge on any atom is 0.410 e. The summed E-state index contributed by atoms with van der Waals surface area (Å²) in [6.07, 6.45) is -1.29. The molecule has 1 aliphatic carbocycles. The van der Waals surface area contributed by atoms with Gasteiger partial charge in [0.1, 0.15) is 18.2 Å². The number of alkyl carbamates (subject to hydrolysis) is 1. The molecule has 33 heavy (non-hydrogen) atoms. The van der Waals surface area contributed by atoms with Crippen molar-refractivity contribution in [3.8, 4) is 11.1 Å². The molecular formula is C25H28N2O6. The van der Waals surface area contributed by atoms with Gasteiger partial charge < -0.3 is 19.9 Å². The normalized spacial score (nSPS) is 19.2. The molecule has 2 aromatic carbocycles. The minimum atomic E-state index is -1.13. The molecule has 2 N–H and O–H groups in total. The summed E-state index contributed by atoms with van der Waals surface area (Å²) >= 11 is 0. The molecule has 2 amide bonds. The molecule has 8 nitrogen and oxygen atoms in total. The Balaban J connectivity index is 1.36. The van der Waals surface area contributed by atoms with E-state index >= 15 is 0 Å². The number of rotatable bonds is 5. The van der Waals surface area contributed by atoms with E-state index in [1.54, 1.807) is 20.8 Å². The second kappa shape index (κ2) is 8.77. The molecule has 0 aromatic heterocycles. The van der Waals surface area contributed by atoms with Crippen LogP contribution in [-0.2, 0) is 14.3 Å². The van der Waals surface area contributed by atoms with E-state index in [1.165, 1.54) is 4.90 Å². The molecule has 8 heteroatoms. The Hall–Kier alpha value is -3.55. The maximum atomic E-state index is 12.7. The number of hydrogen-bond acceptors (Lipinski definition) is 5. The first-order chi connectivity index (χ1) is 15.7. The van der Waals surface area contributed by atoms with Gasteiger partial charge in [-0.05, 0) is 43.0 Å². The van der Waals surface area contributed by atoms with Crippen molar-refractivity contribution in [3.63, 3.8) is 0 Å². The minimum Gasteiger partial charge on any atom is -0.480 e. The zero-order valence-corrected chi connectivity index (χ0v) is 18.9. The second-order valence-electron chi connectivity index (χ2n) is 9.38. The smallest absolute Gasteiger partial charge is 0.410 e. The number of nitrogens with one attached hydrogen (secondary N) is 1. The van der Waals surface area contributed by atoms with Gasteiger partial charge in [0, 0.05) is 24.9 Å². The summed E-state index contributed by atoms with van der Waals surface area (Å²) in [7, 11) is 0. The molecule has 2 atom stereocenters. The van der Waals surface area contributed by atoms with Crippen LogP contribution in [0, 0.1) is 5.92 Å². The van der Waals surface area contributed by atoms with Gasteiger partial charge in [-0.3, -0.25) is 4.90 Å². The average Bonchev–Trinajstić information content (AvgIpc) is 3.03. The first kappa shape index (κ1) is 22.6. The quantitative estimate of drug-likeness (QED) is 0.714. The fraction of sp³-hybridized carbons (Fsp3) is 0.400. The van der Waals surface area contributed by atoms with Crippen molar-refractivity contribution in [3.05, 3.63) is 59.7 Å². The Labute approximate surface area is 192 Å². The third-order valence-corrected chi connectivity index (χ3v) is 5.94. The number of carbonyl (C=O) groups excluding carboxylic acids is 2. The van der Waals surface area contributed by atoms with Gasteiger partial charge in [0.2, 0.25) is 0 Å². The van der Waals surface area contributed by atoms with E-state index in [9.17, 15) is 19.5 Å². The van der Waals surface area contributed by atoms with Crippen molar-refractivity contribution in [2.75, 3.05) is 19.7 Å². The van der Waals surface area contributed by atoms with Gasteiger partial charge in [0.25, 0.3) is 0 Å². The highest BCUT2D eigenvalue weighted by molar-refractivity contribution is 5.83. The van der Waals surface area contributed by atoms with Crippen molar-refractivity contribution in [2.45, 2.75) is 38.3 Å². The number of carboxylic acid groups (broad SMARTS) is 1. The van der Waals surface area contributed by atoms with Gasteiger partial charge in [-0.25, -0.2) is 14.4 Å². The summed E-state index contributed by atoms with van der Waals surface area (Å²) in [5, 5.41) is 12.2.